The van der Waals surface area contributed by atoms with Crippen LogP contribution in [-0.4, -0.2) is 11.0 Å². The van der Waals surface area contributed by atoms with Gasteiger partial charge < -0.3 is 5.32 Å². The summed E-state index contributed by atoms with van der Waals surface area (Å²) in [4.78, 5) is 4.39. The monoisotopic (exact) mass is 240 g/mol. The van der Waals surface area contributed by atoms with Crippen LogP contribution in [0.4, 0.5) is 0 Å². The second-order valence-corrected chi connectivity index (χ2v) is 4.74. The number of nitrogens with zero attached hydrogens (tertiary/aromatic N) is 1. The third-order valence-electron chi connectivity index (χ3n) is 3.12. The van der Waals surface area contributed by atoms with Crippen LogP contribution < -0.4 is 5.32 Å². The Hall–Kier alpha value is -1.67. The van der Waals surface area contributed by atoms with Crippen molar-refractivity contribution in [3.8, 4) is 0 Å². The van der Waals surface area contributed by atoms with E-state index in [1.165, 1.54) is 11.1 Å². The van der Waals surface area contributed by atoms with Gasteiger partial charge in [0, 0.05) is 18.8 Å². The Kier molecular flexibility index (Phi) is 4.48. The summed E-state index contributed by atoms with van der Waals surface area (Å²) >= 11 is 0. The fourth-order valence-electron chi connectivity index (χ4n) is 2.01. The number of hydrogen-bond donors (Lipinski definition) is 1. The molecule has 0 aliphatic carbocycles. The van der Waals surface area contributed by atoms with Crippen LogP contribution in [0.1, 0.15) is 23.7 Å². The Morgan fingerprint density at radius 2 is 1.89 bits per heavy atom. The summed E-state index contributed by atoms with van der Waals surface area (Å²) in [5.41, 5.74) is 3.75. The minimum atomic E-state index is 0.453. The molecule has 0 amide bonds. The van der Waals surface area contributed by atoms with Crippen molar-refractivity contribution >= 4 is 0 Å². The summed E-state index contributed by atoms with van der Waals surface area (Å²) < 4.78 is 0. The van der Waals surface area contributed by atoms with Gasteiger partial charge >= 0.3 is 0 Å². The molecule has 2 rings (SSSR count). The molecule has 94 valence electrons. The average molecular weight is 240 g/mol. The predicted molar refractivity (Wildman–Crippen MR) is 75.4 cm³/mol. The second-order valence-electron chi connectivity index (χ2n) is 4.74. The van der Waals surface area contributed by atoms with E-state index in [4.69, 9.17) is 0 Å². The molecule has 0 spiro atoms. The largest absolute Gasteiger partial charge is 0.308 e. The summed E-state index contributed by atoms with van der Waals surface area (Å²) in [7, 11) is 0. The number of pyridine rings is 1. The molecule has 0 fully saturated rings. The summed E-state index contributed by atoms with van der Waals surface area (Å²) in [6, 6.07) is 15.1. The summed E-state index contributed by atoms with van der Waals surface area (Å²) in [5.74, 6) is 0. The summed E-state index contributed by atoms with van der Waals surface area (Å²) in [6.45, 7) is 5.15. The van der Waals surface area contributed by atoms with Gasteiger partial charge in [0.2, 0.25) is 0 Å². The van der Waals surface area contributed by atoms with Crippen LogP contribution in [0.2, 0.25) is 0 Å². The third-order valence-corrected chi connectivity index (χ3v) is 3.12. The van der Waals surface area contributed by atoms with Crippen LogP contribution in [-0.2, 0) is 13.0 Å². The van der Waals surface area contributed by atoms with Crippen molar-refractivity contribution in [1.82, 2.24) is 10.3 Å². The fraction of sp³-hybridized carbons (Fsp3) is 0.312. The first-order valence-electron chi connectivity index (χ1n) is 6.43. The maximum atomic E-state index is 4.39. The lowest BCUT2D eigenvalue weighted by atomic mass is 10.1. The molecular formula is C16H20N2. The molecule has 1 atom stereocenters. The van der Waals surface area contributed by atoms with Gasteiger partial charge in [0.1, 0.15) is 0 Å². The maximum Gasteiger partial charge on any atom is 0.0570 e. The SMILES string of the molecule is Cc1cccnc1CNC(C)Cc1ccccc1. The maximum absolute atomic E-state index is 4.39. The highest BCUT2D eigenvalue weighted by Crippen LogP contribution is 2.05. The van der Waals surface area contributed by atoms with Crippen molar-refractivity contribution in [3.05, 3.63) is 65.5 Å². The molecule has 0 radical (unpaired) electrons. The van der Waals surface area contributed by atoms with Crippen LogP contribution in [0.15, 0.2) is 48.7 Å². The minimum absolute atomic E-state index is 0.453. The third kappa shape index (κ3) is 3.67. The van der Waals surface area contributed by atoms with E-state index in [-0.39, 0.29) is 0 Å². The molecule has 1 unspecified atom stereocenters. The van der Waals surface area contributed by atoms with E-state index < -0.39 is 0 Å². The van der Waals surface area contributed by atoms with Gasteiger partial charge in [0.05, 0.1) is 5.69 Å². The van der Waals surface area contributed by atoms with E-state index in [9.17, 15) is 0 Å². The molecule has 1 aromatic heterocycles. The van der Waals surface area contributed by atoms with Crippen molar-refractivity contribution in [2.75, 3.05) is 0 Å². The van der Waals surface area contributed by atoms with Gasteiger partial charge in [-0.3, -0.25) is 4.98 Å². The van der Waals surface area contributed by atoms with Crippen molar-refractivity contribution in [2.45, 2.75) is 32.9 Å². The topological polar surface area (TPSA) is 24.9 Å². The zero-order chi connectivity index (χ0) is 12.8. The van der Waals surface area contributed by atoms with E-state index >= 15 is 0 Å². The molecule has 2 nitrogen and oxygen atoms in total. The average Bonchev–Trinajstić information content (AvgIpc) is 2.39. The summed E-state index contributed by atoms with van der Waals surface area (Å²) in [5, 5.41) is 3.53. The smallest absolute Gasteiger partial charge is 0.0570 e. The predicted octanol–water partition coefficient (Wildman–Crippen LogP) is 3.11. The van der Waals surface area contributed by atoms with Crippen molar-refractivity contribution in [3.63, 3.8) is 0 Å². The number of hydrogen-bond acceptors (Lipinski definition) is 2. The van der Waals surface area contributed by atoms with E-state index in [0.717, 1.165) is 18.7 Å². The molecule has 2 aromatic rings. The van der Waals surface area contributed by atoms with Gasteiger partial charge in [-0.15, -0.1) is 0 Å². The number of aromatic nitrogens is 1. The quantitative estimate of drug-likeness (QED) is 0.868. The molecule has 1 N–H and O–H groups in total. The van der Waals surface area contributed by atoms with Crippen molar-refractivity contribution in [1.29, 1.82) is 0 Å². The van der Waals surface area contributed by atoms with Crippen LogP contribution in [0.25, 0.3) is 0 Å². The van der Waals surface area contributed by atoms with Crippen LogP contribution in [0.3, 0.4) is 0 Å². The first-order valence-corrected chi connectivity index (χ1v) is 6.43. The Balaban J connectivity index is 1.86. The first kappa shape index (κ1) is 12.8. The first-order chi connectivity index (χ1) is 8.75. The van der Waals surface area contributed by atoms with Gasteiger partial charge in [-0.05, 0) is 37.5 Å². The van der Waals surface area contributed by atoms with E-state index in [0.29, 0.717) is 6.04 Å². The molecule has 0 aliphatic heterocycles. The molecule has 0 aliphatic rings. The van der Waals surface area contributed by atoms with Crippen LogP contribution in [0.5, 0.6) is 0 Å². The van der Waals surface area contributed by atoms with E-state index in [2.05, 4.69) is 60.5 Å². The molecule has 0 saturated carbocycles. The van der Waals surface area contributed by atoms with Crippen LogP contribution in [0, 0.1) is 6.92 Å². The Morgan fingerprint density at radius 1 is 1.11 bits per heavy atom. The van der Waals surface area contributed by atoms with Gasteiger partial charge in [-0.1, -0.05) is 36.4 Å². The fourth-order valence-corrected chi connectivity index (χ4v) is 2.01. The van der Waals surface area contributed by atoms with Crippen molar-refractivity contribution in [2.24, 2.45) is 0 Å². The molecular weight excluding hydrogens is 220 g/mol. The number of aryl methyl sites for hydroxylation is 1. The highest BCUT2D eigenvalue weighted by atomic mass is 14.9. The Bertz CT molecular complexity index is 479. The molecule has 0 bridgehead atoms. The number of benzene rings is 1. The van der Waals surface area contributed by atoms with E-state index in [1.54, 1.807) is 0 Å². The van der Waals surface area contributed by atoms with Gasteiger partial charge in [-0.2, -0.15) is 0 Å². The number of nitrogens with one attached hydrogen (secondary N) is 1. The minimum Gasteiger partial charge on any atom is -0.308 e. The lowest BCUT2D eigenvalue weighted by Gasteiger charge is -2.14. The van der Waals surface area contributed by atoms with Gasteiger partial charge in [0.25, 0.3) is 0 Å². The Labute approximate surface area is 109 Å². The highest BCUT2D eigenvalue weighted by Gasteiger charge is 2.04. The lowest BCUT2D eigenvalue weighted by Crippen LogP contribution is -2.28. The zero-order valence-electron chi connectivity index (χ0n) is 11.1. The molecule has 18 heavy (non-hydrogen) atoms. The normalized spacial score (nSPS) is 12.3. The highest BCUT2D eigenvalue weighted by molar-refractivity contribution is 5.18. The molecule has 1 heterocycles. The molecule has 2 heteroatoms. The number of rotatable bonds is 5. The molecule has 1 aromatic carbocycles. The second kappa shape index (κ2) is 6.31. The van der Waals surface area contributed by atoms with Gasteiger partial charge in [0.15, 0.2) is 0 Å². The zero-order valence-corrected chi connectivity index (χ0v) is 11.1. The standard InChI is InChI=1S/C16H20N2/c1-13-7-6-10-17-16(13)12-18-14(2)11-15-8-4-3-5-9-15/h3-10,14,18H,11-12H2,1-2H3. The Morgan fingerprint density at radius 3 is 2.61 bits per heavy atom. The van der Waals surface area contributed by atoms with Crippen molar-refractivity contribution < 1.29 is 0 Å². The van der Waals surface area contributed by atoms with Gasteiger partial charge in [-0.25, -0.2) is 0 Å². The summed E-state index contributed by atoms with van der Waals surface area (Å²) in [6.07, 6.45) is 2.90. The molecule has 0 saturated heterocycles. The van der Waals surface area contributed by atoms with Crippen LogP contribution >= 0.6 is 0 Å². The lowest BCUT2D eigenvalue weighted by molar-refractivity contribution is 0.539. The van der Waals surface area contributed by atoms with E-state index in [1.807, 2.05) is 12.3 Å².